The highest BCUT2D eigenvalue weighted by Crippen LogP contribution is 2.27. The Kier molecular flexibility index (Phi) is 3.02. The Morgan fingerprint density at radius 1 is 1.53 bits per heavy atom. The van der Waals surface area contributed by atoms with Crippen molar-refractivity contribution < 1.29 is 9.18 Å². The van der Waals surface area contributed by atoms with Gasteiger partial charge in [0.05, 0.1) is 4.47 Å². The lowest BCUT2D eigenvalue weighted by atomic mass is 10.3. The second kappa shape index (κ2) is 4.14. The van der Waals surface area contributed by atoms with E-state index in [-0.39, 0.29) is 17.0 Å². The van der Waals surface area contributed by atoms with Gasteiger partial charge in [-0.15, -0.1) is 0 Å². The molecule has 2 rings (SSSR count). The normalized spacial score (nSPS) is 21.1. The van der Waals surface area contributed by atoms with Crippen molar-refractivity contribution in [3.63, 3.8) is 0 Å². The zero-order valence-electron chi connectivity index (χ0n) is 7.78. The van der Waals surface area contributed by atoms with Gasteiger partial charge >= 0.3 is 0 Å². The first-order valence-corrected chi connectivity index (χ1v) is 5.82. The van der Waals surface area contributed by atoms with E-state index in [1.165, 1.54) is 6.07 Å². The smallest absolute Gasteiger partial charge is 0.228 e. The number of nitrogens with zero attached hydrogens (tertiary/aromatic N) is 1. The van der Waals surface area contributed by atoms with Crippen LogP contribution in [0.15, 0.2) is 22.7 Å². The number of carbonyl (C=O) groups is 1. The number of hydrogen-bond acceptors (Lipinski definition) is 2. The summed E-state index contributed by atoms with van der Waals surface area (Å²) in [4.78, 5) is 13.2. The molecule has 1 atom stereocenters. The van der Waals surface area contributed by atoms with Crippen LogP contribution in [0, 0.1) is 5.82 Å². The molecule has 1 fully saturated rings. The molecule has 15 heavy (non-hydrogen) atoms. The summed E-state index contributed by atoms with van der Waals surface area (Å²) in [5, 5.41) is 0.0707. The van der Waals surface area contributed by atoms with Gasteiger partial charge in [-0.05, 0) is 34.1 Å². The number of halogens is 2. The van der Waals surface area contributed by atoms with Gasteiger partial charge in [0.2, 0.25) is 5.91 Å². The molecule has 1 heterocycles. The molecule has 0 N–H and O–H groups in total. The van der Waals surface area contributed by atoms with Crippen molar-refractivity contribution in [1.29, 1.82) is 0 Å². The summed E-state index contributed by atoms with van der Waals surface area (Å²) < 4.78 is 13.4. The van der Waals surface area contributed by atoms with Gasteiger partial charge in [-0.1, -0.05) is 0 Å². The Bertz CT molecular complexity index is 412. The van der Waals surface area contributed by atoms with Crippen LogP contribution in [0.25, 0.3) is 0 Å². The molecule has 0 saturated carbocycles. The maximum absolute atomic E-state index is 13.0. The van der Waals surface area contributed by atoms with Crippen LogP contribution < -0.4 is 4.90 Å². The van der Waals surface area contributed by atoms with Crippen LogP contribution >= 0.6 is 28.6 Å². The third-order valence-corrected chi connectivity index (χ3v) is 3.27. The number of hydrogen-bond donors (Lipinski definition) is 1. The number of anilines is 1. The number of amides is 1. The van der Waals surface area contributed by atoms with Gasteiger partial charge in [0.1, 0.15) is 5.82 Å². The van der Waals surface area contributed by atoms with E-state index in [1.807, 2.05) is 0 Å². The topological polar surface area (TPSA) is 20.3 Å². The van der Waals surface area contributed by atoms with E-state index in [2.05, 4.69) is 28.6 Å². The molecule has 5 heteroatoms. The fourth-order valence-electron chi connectivity index (χ4n) is 1.59. The second-order valence-corrected chi connectivity index (χ2v) is 5.05. The molecule has 1 aliphatic heterocycles. The van der Waals surface area contributed by atoms with Crippen LogP contribution in [0.4, 0.5) is 10.1 Å². The van der Waals surface area contributed by atoms with E-state index in [4.69, 9.17) is 0 Å². The fourth-order valence-corrected chi connectivity index (χ4v) is 2.28. The third kappa shape index (κ3) is 2.18. The molecular formula is C10H9BrFNOS. The van der Waals surface area contributed by atoms with Gasteiger partial charge in [0.15, 0.2) is 0 Å². The second-order valence-electron chi connectivity index (χ2n) is 3.46. The highest BCUT2D eigenvalue weighted by atomic mass is 79.9. The van der Waals surface area contributed by atoms with Crippen LogP contribution in [-0.2, 0) is 4.79 Å². The fraction of sp³-hybridized carbons (Fsp3) is 0.300. The molecule has 1 unspecified atom stereocenters. The summed E-state index contributed by atoms with van der Waals surface area (Å²) in [6.07, 6.45) is 0.443. The Morgan fingerprint density at radius 3 is 2.80 bits per heavy atom. The van der Waals surface area contributed by atoms with E-state index in [0.29, 0.717) is 23.1 Å². The molecular weight excluding hydrogens is 281 g/mol. The van der Waals surface area contributed by atoms with Crippen LogP contribution in [0.1, 0.15) is 6.42 Å². The maximum Gasteiger partial charge on any atom is 0.228 e. The highest BCUT2D eigenvalue weighted by Gasteiger charge is 2.28. The molecule has 1 saturated heterocycles. The average molecular weight is 290 g/mol. The van der Waals surface area contributed by atoms with Crippen molar-refractivity contribution in [2.45, 2.75) is 11.7 Å². The van der Waals surface area contributed by atoms with E-state index in [9.17, 15) is 9.18 Å². The third-order valence-electron chi connectivity index (χ3n) is 2.32. The Balaban J connectivity index is 2.30. The molecule has 0 spiro atoms. The lowest BCUT2D eigenvalue weighted by Gasteiger charge is -2.16. The first-order valence-electron chi connectivity index (χ1n) is 4.51. The first-order chi connectivity index (χ1) is 7.08. The molecule has 2 nitrogen and oxygen atoms in total. The van der Waals surface area contributed by atoms with E-state index in [1.54, 1.807) is 17.0 Å². The van der Waals surface area contributed by atoms with Crippen LogP contribution in [0.2, 0.25) is 0 Å². The lowest BCUT2D eigenvalue weighted by Crippen LogP contribution is -2.24. The van der Waals surface area contributed by atoms with Gasteiger partial charge in [0.25, 0.3) is 0 Å². The summed E-state index contributed by atoms with van der Waals surface area (Å²) >= 11 is 7.36. The van der Waals surface area contributed by atoms with E-state index < -0.39 is 0 Å². The van der Waals surface area contributed by atoms with Gasteiger partial charge in [-0.25, -0.2) is 4.39 Å². The predicted octanol–water partition coefficient (Wildman–Crippen LogP) is 2.62. The van der Waals surface area contributed by atoms with Crippen molar-refractivity contribution >= 4 is 40.2 Å². The number of thiol groups is 1. The van der Waals surface area contributed by atoms with Crippen molar-refractivity contribution in [3.8, 4) is 0 Å². The van der Waals surface area contributed by atoms with Crippen molar-refractivity contribution in [2.24, 2.45) is 0 Å². The number of carbonyl (C=O) groups excluding carboxylic acids is 1. The molecule has 1 amide bonds. The molecule has 0 bridgehead atoms. The van der Waals surface area contributed by atoms with Gasteiger partial charge < -0.3 is 4.90 Å². The van der Waals surface area contributed by atoms with Crippen molar-refractivity contribution in [2.75, 3.05) is 11.4 Å². The summed E-state index contributed by atoms with van der Waals surface area (Å²) in [6, 6.07) is 4.56. The van der Waals surface area contributed by atoms with E-state index in [0.717, 1.165) is 0 Å². The Morgan fingerprint density at radius 2 is 2.27 bits per heavy atom. The van der Waals surface area contributed by atoms with Crippen LogP contribution in [0.5, 0.6) is 0 Å². The lowest BCUT2D eigenvalue weighted by molar-refractivity contribution is -0.117. The summed E-state index contributed by atoms with van der Waals surface area (Å²) in [7, 11) is 0. The number of rotatable bonds is 1. The quantitative estimate of drug-likeness (QED) is 0.788. The van der Waals surface area contributed by atoms with E-state index >= 15 is 0 Å². The molecule has 0 aromatic heterocycles. The van der Waals surface area contributed by atoms with Crippen molar-refractivity contribution in [3.05, 3.63) is 28.5 Å². The maximum atomic E-state index is 13.0. The monoisotopic (exact) mass is 289 g/mol. The molecule has 1 aromatic carbocycles. The van der Waals surface area contributed by atoms with Crippen molar-refractivity contribution in [1.82, 2.24) is 0 Å². The van der Waals surface area contributed by atoms with Crippen LogP contribution in [-0.4, -0.2) is 17.7 Å². The predicted molar refractivity (Wildman–Crippen MR) is 63.8 cm³/mol. The summed E-state index contributed by atoms with van der Waals surface area (Å²) in [5.74, 6) is -0.290. The molecule has 1 aromatic rings. The minimum atomic E-state index is -0.326. The van der Waals surface area contributed by atoms with Crippen LogP contribution in [0.3, 0.4) is 0 Å². The summed E-state index contributed by atoms with van der Waals surface area (Å²) in [5.41, 5.74) is 0.713. The largest absolute Gasteiger partial charge is 0.311 e. The summed E-state index contributed by atoms with van der Waals surface area (Å²) in [6.45, 7) is 0.583. The zero-order valence-corrected chi connectivity index (χ0v) is 10.3. The molecule has 0 radical (unpaired) electrons. The highest BCUT2D eigenvalue weighted by molar-refractivity contribution is 9.10. The average Bonchev–Trinajstić information content (AvgIpc) is 2.50. The minimum absolute atomic E-state index is 0.0357. The first kappa shape index (κ1) is 11.0. The standard InChI is InChI=1S/C10H9BrFNOS/c11-8-3-6(1-2-9(8)12)13-5-7(15)4-10(13)14/h1-3,7,15H,4-5H2. The number of benzene rings is 1. The zero-order chi connectivity index (χ0) is 11.0. The Labute approximate surface area is 101 Å². The minimum Gasteiger partial charge on any atom is -0.311 e. The SMILES string of the molecule is O=C1CC(S)CN1c1ccc(F)c(Br)c1. The van der Waals surface area contributed by atoms with Gasteiger partial charge in [-0.2, -0.15) is 12.6 Å². The van der Waals surface area contributed by atoms with Gasteiger partial charge in [0, 0.05) is 23.9 Å². The molecule has 80 valence electrons. The van der Waals surface area contributed by atoms with Gasteiger partial charge in [-0.3, -0.25) is 4.79 Å². The molecule has 1 aliphatic rings. The molecule has 0 aliphatic carbocycles. The Hall–Kier alpha value is -0.550.